The molecule has 0 atom stereocenters. The minimum Gasteiger partial charge on any atom is -0.352 e. The lowest BCUT2D eigenvalue weighted by Gasteiger charge is -2.23. The SMILES string of the molecule is CN=C(NCc1ccccc1CN(C)C(C)C)NCc1nnc2ccccn12.I. The van der Waals surface area contributed by atoms with Crippen molar-refractivity contribution in [1.29, 1.82) is 0 Å². The number of guanidine groups is 1. The highest BCUT2D eigenvalue weighted by molar-refractivity contribution is 14.0. The maximum atomic E-state index is 4.33. The lowest BCUT2D eigenvalue weighted by Crippen LogP contribution is -2.37. The molecule has 0 fully saturated rings. The van der Waals surface area contributed by atoms with E-state index in [1.54, 1.807) is 7.05 Å². The number of hydrogen-bond donors (Lipinski definition) is 2. The minimum atomic E-state index is 0. The highest BCUT2D eigenvalue weighted by Gasteiger charge is 2.09. The predicted octanol–water partition coefficient (Wildman–Crippen LogP) is 3.05. The normalized spacial score (nSPS) is 11.7. The van der Waals surface area contributed by atoms with Gasteiger partial charge in [0.1, 0.15) is 0 Å². The monoisotopic (exact) mass is 507 g/mol. The maximum Gasteiger partial charge on any atom is 0.191 e. The number of pyridine rings is 1. The van der Waals surface area contributed by atoms with E-state index < -0.39 is 0 Å². The molecule has 3 rings (SSSR count). The standard InChI is InChI=1S/C21H29N7.HI/c1-16(2)27(4)15-18-10-6-5-9-17(18)13-23-21(22-3)24-14-20-26-25-19-11-7-8-12-28(19)20;/h5-12,16H,13-15H2,1-4H3,(H2,22,23,24);1H. The Hall–Kier alpha value is -2.20. The van der Waals surface area contributed by atoms with Crippen LogP contribution in [0.5, 0.6) is 0 Å². The number of halogens is 1. The van der Waals surface area contributed by atoms with Gasteiger partial charge in [0.15, 0.2) is 17.4 Å². The van der Waals surface area contributed by atoms with Gasteiger partial charge >= 0.3 is 0 Å². The van der Waals surface area contributed by atoms with Crippen LogP contribution in [0, 0.1) is 0 Å². The van der Waals surface area contributed by atoms with Gasteiger partial charge in [-0.3, -0.25) is 14.3 Å². The number of aliphatic imine (C=N–C) groups is 1. The van der Waals surface area contributed by atoms with Gasteiger partial charge in [0.2, 0.25) is 0 Å². The van der Waals surface area contributed by atoms with E-state index in [1.165, 1.54) is 11.1 Å². The molecule has 0 saturated carbocycles. The topological polar surface area (TPSA) is 69.8 Å². The van der Waals surface area contributed by atoms with Crippen LogP contribution < -0.4 is 10.6 Å². The third-order valence-electron chi connectivity index (χ3n) is 4.89. The lowest BCUT2D eigenvalue weighted by molar-refractivity contribution is 0.265. The molecule has 0 aliphatic rings. The molecule has 0 spiro atoms. The van der Waals surface area contributed by atoms with Gasteiger partial charge in [0.25, 0.3) is 0 Å². The van der Waals surface area contributed by atoms with Crippen molar-refractivity contribution in [3.8, 4) is 0 Å². The number of benzene rings is 1. The summed E-state index contributed by atoms with van der Waals surface area (Å²) in [5.41, 5.74) is 3.43. The number of hydrogen-bond acceptors (Lipinski definition) is 4. The quantitative estimate of drug-likeness (QED) is 0.292. The first-order valence-corrected chi connectivity index (χ1v) is 9.58. The van der Waals surface area contributed by atoms with Crippen molar-refractivity contribution < 1.29 is 0 Å². The molecule has 3 aromatic rings. The van der Waals surface area contributed by atoms with Gasteiger partial charge < -0.3 is 10.6 Å². The number of fused-ring (bicyclic) bond motifs is 1. The molecule has 0 aliphatic carbocycles. The predicted molar refractivity (Wildman–Crippen MR) is 128 cm³/mol. The summed E-state index contributed by atoms with van der Waals surface area (Å²) < 4.78 is 1.97. The number of aromatic nitrogens is 3. The summed E-state index contributed by atoms with van der Waals surface area (Å²) in [6, 6.07) is 14.9. The van der Waals surface area contributed by atoms with Crippen LogP contribution in [0.2, 0.25) is 0 Å². The summed E-state index contributed by atoms with van der Waals surface area (Å²) in [6.07, 6.45) is 1.96. The van der Waals surface area contributed by atoms with Gasteiger partial charge in [-0.25, -0.2) is 0 Å². The molecule has 156 valence electrons. The second kappa shape index (κ2) is 11.1. The van der Waals surface area contributed by atoms with Crippen LogP contribution in [0.15, 0.2) is 53.7 Å². The molecular formula is C21H30IN7. The molecule has 2 heterocycles. The molecule has 0 aliphatic heterocycles. The van der Waals surface area contributed by atoms with Gasteiger partial charge in [0, 0.05) is 32.4 Å². The average molecular weight is 507 g/mol. The first-order chi connectivity index (χ1) is 13.6. The third-order valence-corrected chi connectivity index (χ3v) is 4.89. The number of rotatable bonds is 7. The first kappa shape index (κ1) is 23.1. The fraction of sp³-hybridized carbons (Fsp3) is 0.381. The van der Waals surface area contributed by atoms with E-state index in [-0.39, 0.29) is 24.0 Å². The summed E-state index contributed by atoms with van der Waals surface area (Å²) in [4.78, 5) is 6.66. The zero-order valence-corrected chi connectivity index (χ0v) is 19.8. The van der Waals surface area contributed by atoms with Gasteiger partial charge in [-0.2, -0.15) is 0 Å². The van der Waals surface area contributed by atoms with E-state index in [0.717, 1.165) is 24.0 Å². The van der Waals surface area contributed by atoms with E-state index in [0.29, 0.717) is 19.1 Å². The Bertz CT molecular complexity index is 935. The third kappa shape index (κ3) is 6.14. The van der Waals surface area contributed by atoms with Crippen molar-refractivity contribution in [2.45, 2.75) is 39.5 Å². The van der Waals surface area contributed by atoms with Crippen molar-refractivity contribution in [1.82, 2.24) is 30.1 Å². The Labute approximate surface area is 189 Å². The van der Waals surface area contributed by atoms with Crippen molar-refractivity contribution in [3.63, 3.8) is 0 Å². The summed E-state index contributed by atoms with van der Waals surface area (Å²) in [6.45, 7) is 6.60. The van der Waals surface area contributed by atoms with Crippen molar-refractivity contribution in [3.05, 3.63) is 65.6 Å². The molecule has 7 nitrogen and oxygen atoms in total. The molecule has 0 radical (unpaired) electrons. The number of nitrogens with zero attached hydrogens (tertiary/aromatic N) is 5. The zero-order chi connectivity index (χ0) is 19.9. The summed E-state index contributed by atoms with van der Waals surface area (Å²) >= 11 is 0. The van der Waals surface area contributed by atoms with Gasteiger partial charge in [0.05, 0.1) is 6.54 Å². The van der Waals surface area contributed by atoms with Crippen LogP contribution in [-0.2, 0) is 19.6 Å². The van der Waals surface area contributed by atoms with Crippen LogP contribution in [0.25, 0.3) is 5.65 Å². The van der Waals surface area contributed by atoms with E-state index >= 15 is 0 Å². The van der Waals surface area contributed by atoms with E-state index in [2.05, 4.69) is 75.9 Å². The van der Waals surface area contributed by atoms with Crippen LogP contribution in [0.1, 0.15) is 30.8 Å². The first-order valence-electron chi connectivity index (χ1n) is 9.58. The summed E-state index contributed by atoms with van der Waals surface area (Å²) in [5, 5.41) is 15.1. The lowest BCUT2D eigenvalue weighted by atomic mass is 10.1. The molecule has 2 aromatic heterocycles. The van der Waals surface area contributed by atoms with Crippen LogP contribution in [0.4, 0.5) is 0 Å². The van der Waals surface area contributed by atoms with Crippen molar-refractivity contribution >= 4 is 35.6 Å². The minimum absolute atomic E-state index is 0. The molecule has 0 amide bonds. The van der Waals surface area contributed by atoms with Crippen LogP contribution in [-0.4, -0.2) is 45.6 Å². The number of nitrogens with one attached hydrogen (secondary N) is 2. The van der Waals surface area contributed by atoms with E-state index in [9.17, 15) is 0 Å². The Kier molecular flexibility index (Phi) is 8.84. The average Bonchev–Trinajstić information content (AvgIpc) is 3.12. The summed E-state index contributed by atoms with van der Waals surface area (Å²) in [5.74, 6) is 1.58. The highest BCUT2D eigenvalue weighted by Crippen LogP contribution is 2.12. The molecule has 0 bridgehead atoms. The van der Waals surface area contributed by atoms with Crippen molar-refractivity contribution in [2.24, 2.45) is 4.99 Å². The largest absolute Gasteiger partial charge is 0.352 e. The fourth-order valence-electron chi connectivity index (χ4n) is 2.91. The Morgan fingerprint density at radius 2 is 1.72 bits per heavy atom. The second-order valence-electron chi connectivity index (χ2n) is 7.10. The zero-order valence-electron chi connectivity index (χ0n) is 17.5. The fourth-order valence-corrected chi connectivity index (χ4v) is 2.91. The molecule has 0 unspecified atom stereocenters. The molecule has 0 saturated heterocycles. The van der Waals surface area contributed by atoms with Crippen molar-refractivity contribution in [2.75, 3.05) is 14.1 Å². The molecule has 8 heteroatoms. The molecule has 1 aromatic carbocycles. The highest BCUT2D eigenvalue weighted by atomic mass is 127. The van der Waals surface area contributed by atoms with E-state index in [4.69, 9.17) is 0 Å². The van der Waals surface area contributed by atoms with Gasteiger partial charge in [-0.05, 0) is 44.2 Å². The molecule has 2 N–H and O–H groups in total. The molecule has 29 heavy (non-hydrogen) atoms. The summed E-state index contributed by atoms with van der Waals surface area (Å²) in [7, 11) is 3.92. The van der Waals surface area contributed by atoms with E-state index in [1.807, 2.05) is 28.8 Å². The Balaban J connectivity index is 0.00000300. The molecular weight excluding hydrogens is 477 g/mol. The van der Waals surface area contributed by atoms with Gasteiger partial charge in [-0.1, -0.05) is 30.3 Å². The second-order valence-corrected chi connectivity index (χ2v) is 7.10. The van der Waals surface area contributed by atoms with Crippen LogP contribution in [0.3, 0.4) is 0 Å². The van der Waals surface area contributed by atoms with Gasteiger partial charge in [-0.15, -0.1) is 34.2 Å². The Morgan fingerprint density at radius 1 is 1.03 bits per heavy atom. The smallest absolute Gasteiger partial charge is 0.191 e. The van der Waals surface area contributed by atoms with Crippen LogP contribution >= 0.6 is 24.0 Å². The Morgan fingerprint density at radius 3 is 2.45 bits per heavy atom. The maximum absolute atomic E-state index is 4.33.